The van der Waals surface area contributed by atoms with Gasteiger partial charge in [-0.15, -0.1) is 0 Å². The van der Waals surface area contributed by atoms with E-state index in [-0.39, 0.29) is 11.3 Å². The highest BCUT2D eigenvalue weighted by Gasteiger charge is 2.14. The van der Waals surface area contributed by atoms with Gasteiger partial charge in [0.2, 0.25) is 0 Å². The number of nitro benzene ring substituents is 1. The van der Waals surface area contributed by atoms with Crippen LogP contribution in [0.4, 0.5) is 11.4 Å². The second kappa shape index (κ2) is 7.73. The molecule has 0 unspecified atom stereocenters. The van der Waals surface area contributed by atoms with Crippen LogP contribution in [0, 0.1) is 35.3 Å². The van der Waals surface area contributed by atoms with Gasteiger partial charge in [0.1, 0.15) is 11.6 Å². The van der Waals surface area contributed by atoms with Gasteiger partial charge in [-0.05, 0) is 59.1 Å². The van der Waals surface area contributed by atoms with Crippen molar-refractivity contribution >= 4 is 39.3 Å². The summed E-state index contributed by atoms with van der Waals surface area (Å²) >= 11 is 3.09. The molecule has 0 aliphatic carbocycles. The van der Waals surface area contributed by atoms with E-state index in [9.17, 15) is 20.2 Å². The van der Waals surface area contributed by atoms with Crippen LogP contribution in [0.3, 0.4) is 0 Å². The molecule has 126 valence electrons. The number of amides is 1. The van der Waals surface area contributed by atoms with Gasteiger partial charge in [-0.2, -0.15) is 5.26 Å². The molecule has 0 saturated heterocycles. The zero-order valence-corrected chi connectivity index (χ0v) is 15.1. The van der Waals surface area contributed by atoms with E-state index < -0.39 is 10.8 Å². The number of nitriles is 1. The van der Waals surface area contributed by atoms with Crippen molar-refractivity contribution in [2.75, 3.05) is 5.32 Å². The lowest BCUT2D eigenvalue weighted by Crippen LogP contribution is -2.14. The Labute approximate surface area is 153 Å². The predicted octanol–water partition coefficient (Wildman–Crippen LogP) is 4.52. The van der Waals surface area contributed by atoms with E-state index in [0.29, 0.717) is 15.7 Å². The number of carbonyl (C=O) groups is 1. The molecule has 0 bridgehead atoms. The average molecular weight is 400 g/mol. The van der Waals surface area contributed by atoms with Crippen LogP contribution in [0.15, 0.2) is 46.4 Å². The van der Waals surface area contributed by atoms with Crippen molar-refractivity contribution < 1.29 is 9.72 Å². The first-order chi connectivity index (χ1) is 11.8. The van der Waals surface area contributed by atoms with Crippen molar-refractivity contribution in [2.45, 2.75) is 13.8 Å². The van der Waals surface area contributed by atoms with Crippen LogP contribution in [-0.4, -0.2) is 10.8 Å². The Kier molecular flexibility index (Phi) is 5.67. The van der Waals surface area contributed by atoms with Crippen LogP contribution in [0.25, 0.3) is 6.08 Å². The number of hydrogen-bond donors (Lipinski definition) is 1. The topological polar surface area (TPSA) is 96.0 Å². The maximum atomic E-state index is 12.3. The van der Waals surface area contributed by atoms with E-state index >= 15 is 0 Å². The van der Waals surface area contributed by atoms with Gasteiger partial charge in [-0.1, -0.05) is 23.8 Å². The Hall–Kier alpha value is -2.98. The van der Waals surface area contributed by atoms with Crippen molar-refractivity contribution in [2.24, 2.45) is 0 Å². The van der Waals surface area contributed by atoms with E-state index in [1.807, 2.05) is 32.0 Å². The van der Waals surface area contributed by atoms with Crippen molar-refractivity contribution in [3.8, 4) is 6.07 Å². The minimum absolute atomic E-state index is 0.138. The Balaban J connectivity index is 2.31. The third-order valence-electron chi connectivity index (χ3n) is 3.47. The summed E-state index contributed by atoms with van der Waals surface area (Å²) in [6, 6.07) is 11.8. The standard InChI is InChI=1S/C18H14BrN3O3/c1-11-3-6-16(12(2)7-11)21-18(23)14(10-20)8-13-4-5-15(19)17(9-13)22(24)25/h3-9H,1-2H3,(H,21,23)/b14-8-. The third kappa shape index (κ3) is 4.52. The number of hydrogen-bond acceptors (Lipinski definition) is 4. The zero-order valence-electron chi connectivity index (χ0n) is 13.5. The maximum Gasteiger partial charge on any atom is 0.284 e. The lowest BCUT2D eigenvalue weighted by Gasteiger charge is -2.08. The molecule has 0 radical (unpaired) electrons. The minimum atomic E-state index is -0.569. The molecule has 0 aromatic heterocycles. The van der Waals surface area contributed by atoms with Gasteiger partial charge in [0.25, 0.3) is 11.6 Å². The summed E-state index contributed by atoms with van der Waals surface area (Å²) < 4.78 is 0.327. The molecule has 0 aliphatic heterocycles. The Bertz CT molecular complexity index is 930. The fourth-order valence-corrected chi connectivity index (χ4v) is 2.61. The van der Waals surface area contributed by atoms with Gasteiger partial charge < -0.3 is 5.32 Å². The molecule has 0 heterocycles. The van der Waals surface area contributed by atoms with Crippen molar-refractivity contribution in [3.63, 3.8) is 0 Å². The van der Waals surface area contributed by atoms with Crippen molar-refractivity contribution in [1.82, 2.24) is 0 Å². The summed E-state index contributed by atoms with van der Waals surface area (Å²) in [4.78, 5) is 22.8. The molecule has 1 amide bonds. The van der Waals surface area contributed by atoms with Crippen LogP contribution >= 0.6 is 15.9 Å². The molecule has 0 aliphatic rings. The number of halogens is 1. The van der Waals surface area contributed by atoms with E-state index in [4.69, 9.17) is 0 Å². The quantitative estimate of drug-likeness (QED) is 0.353. The number of anilines is 1. The molecule has 25 heavy (non-hydrogen) atoms. The monoisotopic (exact) mass is 399 g/mol. The van der Waals surface area contributed by atoms with Crippen LogP contribution in [0.1, 0.15) is 16.7 Å². The predicted molar refractivity (Wildman–Crippen MR) is 98.9 cm³/mol. The normalized spacial score (nSPS) is 10.9. The molecule has 0 saturated carbocycles. The second-order valence-electron chi connectivity index (χ2n) is 5.41. The molecule has 6 nitrogen and oxygen atoms in total. The van der Waals surface area contributed by atoms with E-state index in [0.717, 1.165) is 11.1 Å². The van der Waals surface area contributed by atoms with Gasteiger partial charge in [0, 0.05) is 11.8 Å². The average Bonchev–Trinajstić information content (AvgIpc) is 2.56. The summed E-state index contributed by atoms with van der Waals surface area (Å²) in [6.45, 7) is 3.80. The number of nitro groups is 1. The van der Waals surface area contributed by atoms with Gasteiger partial charge >= 0.3 is 0 Å². The fraction of sp³-hybridized carbons (Fsp3) is 0.111. The van der Waals surface area contributed by atoms with Crippen LogP contribution < -0.4 is 5.32 Å². The molecule has 7 heteroatoms. The molecule has 0 spiro atoms. The number of rotatable bonds is 4. The van der Waals surface area contributed by atoms with Crippen LogP contribution in [0.5, 0.6) is 0 Å². The lowest BCUT2D eigenvalue weighted by molar-refractivity contribution is -0.385. The SMILES string of the molecule is Cc1ccc(NC(=O)/C(C#N)=C\c2ccc(Br)c([N+](=O)[O-])c2)c(C)c1. The summed E-state index contributed by atoms with van der Waals surface area (Å²) in [7, 11) is 0. The molecule has 2 aromatic carbocycles. The number of nitrogens with one attached hydrogen (secondary N) is 1. The summed E-state index contributed by atoms with van der Waals surface area (Å²) in [5.41, 5.74) is 2.66. The number of benzene rings is 2. The Morgan fingerprint density at radius 2 is 2.00 bits per heavy atom. The van der Waals surface area contributed by atoms with Crippen molar-refractivity contribution in [1.29, 1.82) is 5.26 Å². The van der Waals surface area contributed by atoms with Gasteiger partial charge in [0.15, 0.2) is 0 Å². The zero-order chi connectivity index (χ0) is 18.6. The molecule has 1 N–H and O–H groups in total. The molecule has 2 rings (SSSR count). The summed E-state index contributed by atoms with van der Waals surface area (Å²) in [6.07, 6.45) is 1.32. The van der Waals surface area contributed by atoms with Crippen LogP contribution in [0.2, 0.25) is 0 Å². The van der Waals surface area contributed by atoms with E-state index in [1.165, 1.54) is 18.2 Å². The highest BCUT2D eigenvalue weighted by Crippen LogP contribution is 2.26. The van der Waals surface area contributed by atoms with E-state index in [2.05, 4.69) is 21.2 Å². The first kappa shape index (κ1) is 18.4. The first-order valence-corrected chi connectivity index (χ1v) is 8.05. The molecule has 2 aromatic rings. The van der Waals surface area contributed by atoms with Gasteiger partial charge in [0.05, 0.1) is 9.40 Å². The number of aryl methyl sites for hydroxylation is 2. The van der Waals surface area contributed by atoms with Crippen LogP contribution in [-0.2, 0) is 4.79 Å². The van der Waals surface area contributed by atoms with Crippen molar-refractivity contribution in [3.05, 3.63) is 73.2 Å². The molecular weight excluding hydrogens is 386 g/mol. The fourth-order valence-electron chi connectivity index (χ4n) is 2.22. The molecule has 0 atom stereocenters. The minimum Gasteiger partial charge on any atom is -0.321 e. The van der Waals surface area contributed by atoms with E-state index in [1.54, 1.807) is 12.1 Å². The second-order valence-corrected chi connectivity index (χ2v) is 6.26. The molecule has 0 fully saturated rings. The summed E-state index contributed by atoms with van der Waals surface area (Å²) in [5, 5.41) is 22.9. The van der Waals surface area contributed by atoms with Gasteiger partial charge in [-0.3, -0.25) is 14.9 Å². The van der Waals surface area contributed by atoms with Gasteiger partial charge in [-0.25, -0.2) is 0 Å². The number of carbonyl (C=O) groups excluding carboxylic acids is 1. The smallest absolute Gasteiger partial charge is 0.284 e. The Morgan fingerprint density at radius 1 is 1.28 bits per heavy atom. The third-order valence-corrected chi connectivity index (χ3v) is 4.14. The highest BCUT2D eigenvalue weighted by molar-refractivity contribution is 9.10. The first-order valence-electron chi connectivity index (χ1n) is 7.26. The highest BCUT2D eigenvalue weighted by atomic mass is 79.9. The number of nitrogens with zero attached hydrogens (tertiary/aromatic N) is 2. The molecular formula is C18H14BrN3O3. The Morgan fingerprint density at radius 3 is 2.60 bits per heavy atom. The maximum absolute atomic E-state index is 12.3. The summed E-state index contributed by atoms with van der Waals surface area (Å²) in [5.74, 6) is -0.569. The largest absolute Gasteiger partial charge is 0.321 e. The lowest BCUT2D eigenvalue weighted by atomic mass is 10.1.